The summed E-state index contributed by atoms with van der Waals surface area (Å²) in [5, 5.41) is 13.8. The molecule has 0 N–H and O–H groups in total. The number of anilines is 1. The van der Waals surface area contributed by atoms with E-state index in [1.54, 1.807) is 42.2 Å². The number of nitriles is 1. The highest BCUT2D eigenvalue weighted by molar-refractivity contribution is 6.39. The van der Waals surface area contributed by atoms with Gasteiger partial charge in [0.25, 0.3) is 5.91 Å². The Bertz CT molecular complexity index is 1110. The molecule has 0 unspecified atom stereocenters. The van der Waals surface area contributed by atoms with E-state index in [9.17, 15) is 4.79 Å². The zero-order valence-corrected chi connectivity index (χ0v) is 17.7. The largest absolute Gasteiger partial charge is 0.368 e. The molecule has 30 heavy (non-hydrogen) atoms. The molecule has 1 amide bonds. The number of benzene rings is 2. The average Bonchev–Trinajstić information content (AvgIpc) is 3.14. The number of hydrogen-bond acceptors (Lipinski definition) is 5. The Hall–Kier alpha value is -3.01. The Labute approximate surface area is 184 Å². The van der Waals surface area contributed by atoms with Crippen LogP contribution in [0.1, 0.15) is 21.7 Å². The van der Waals surface area contributed by atoms with Crippen LogP contribution in [0.25, 0.3) is 11.3 Å². The summed E-state index contributed by atoms with van der Waals surface area (Å²) in [7, 11) is 0. The van der Waals surface area contributed by atoms with Crippen molar-refractivity contribution < 1.29 is 9.32 Å². The van der Waals surface area contributed by atoms with E-state index in [0.717, 1.165) is 5.69 Å². The molecule has 0 atom stereocenters. The van der Waals surface area contributed by atoms with E-state index in [1.165, 1.54) is 0 Å². The van der Waals surface area contributed by atoms with Crippen LogP contribution in [0, 0.1) is 18.3 Å². The van der Waals surface area contributed by atoms with Gasteiger partial charge < -0.3 is 14.3 Å². The minimum absolute atomic E-state index is 0.154. The van der Waals surface area contributed by atoms with Gasteiger partial charge in [0, 0.05) is 37.4 Å². The highest BCUT2D eigenvalue weighted by Gasteiger charge is 2.30. The van der Waals surface area contributed by atoms with Crippen molar-refractivity contribution in [3.8, 4) is 17.3 Å². The second-order valence-electron chi connectivity index (χ2n) is 7.00. The molecule has 1 aromatic heterocycles. The number of halogens is 2. The first kappa shape index (κ1) is 20.3. The van der Waals surface area contributed by atoms with Crippen molar-refractivity contribution in [3.63, 3.8) is 0 Å². The minimum atomic E-state index is -0.154. The summed E-state index contributed by atoms with van der Waals surface area (Å²) >= 11 is 12.7. The topological polar surface area (TPSA) is 73.4 Å². The third-order valence-electron chi connectivity index (χ3n) is 5.20. The first-order valence-corrected chi connectivity index (χ1v) is 10.2. The summed E-state index contributed by atoms with van der Waals surface area (Å²) in [6.07, 6.45) is 0. The summed E-state index contributed by atoms with van der Waals surface area (Å²) in [6, 6.07) is 14.7. The molecular formula is C22H18Cl2N4O2. The number of carbonyl (C=O) groups excluding carboxylic acids is 1. The van der Waals surface area contributed by atoms with Gasteiger partial charge in [0.2, 0.25) is 0 Å². The third-order valence-corrected chi connectivity index (χ3v) is 5.83. The second-order valence-corrected chi connectivity index (χ2v) is 7.81. The van der Waals surface area contributed by atoms with Crippen LogP contribution in [-0.4, -0.2) is 42.1 Å². The van der Waals surface area contributed by atoms with Crippen LogP contribution in [0.15, 0.2) is 47.0 Å². The normalized spacial score (nSPS) is 13.9. The van der Waals surface area contributed by atoms with Gasteiger partial charge in [-0.3, -0.25) is 4.79 Å². The standard InChI is InChI=1S/C22H18Cl2N4O2/c1-14-19(21(26-30-14)20-17(23)3-2-4-18(20)24)22(29)28-11-9-27(10-12-28)16-7-5-15(13-25)6-8-16/h2-8H,9-12H2,1H3. The zero-order chi connectivity index (χ0) is 21.3. The number of nitrogens with zero attached hydrogens (tertiary/aromatic N) is 4. The predicted octanol–water partition coefficient (Wildman–Crippen LogP) is 4.79. The maximum absolute atomic E-state index is 13.3. The SMILES string of the molecule is Cc1onc(-c2c(Cl)cccc2Cl)c1C(=O)N1CCN(c2ccc(C#N)cc2)CC1. The third kappa shape index (κ3) is 3.74. The molecule has 1 aliphatic heterocycles. The van der Waals surface area contributed by atoms with Crippen LogP contribution in [0.4, 0.5) is 5.69 Å². The lowest BCUT2D eigenvalue weighted by atomic mass is 10.0. The van der Waals surface area contributed by atoms with Crippen LogP contribution >= 0.6 is 23.2 Å². The van der Waals surface area contributed by atoms with Crippen LogP contribution in [-0.2, 0) is 0 Å². The quantitative estimate of drug-likeness (QED) is 0.584. The van der Waals surface area contributed by atoms with Crippen LogP contribution < -0.4 is 4.90 Å². The van der Waals surface area contributed by atoms with E-state index < -0.39 is 0 Å². The predicted molar refractivity (Wildman–Crippen MR) is 116 cm³/mol. The molecule has 1 fully saturated rings. The van der Waals surface area contributed by atoms with E-state index in [0.29, 0.717) is 64.4 Å². The van der Waals surface area contributed by atoms with Gasteiger partial charge in [0.1, 0.15) is 17.0 Å². The first-order chi connectivity index (χ1) is 14.5. The van der Waals surface area contributed by atoms with Crippen LogP contribution in [0.3, 0.4) is 0 Å². The van der Waals surface area contributed by atoms with Gasteiger partial charge in [-0.15, -0.1) is 0 Å². The van der Waals surface area contributed by atoms with Crippen molar-refractivity contribution in [1.82, 2.24) is 10.1 Å². The number of aryl methyl sites for hydroxylation is 1. The lowest BCUT2D eigenvalue weighted by molar-refractivity contribution is 0.0745. The fraction of sp³-hybridized carbons (Fsp3) is 0.227. The van der Waals surface area contributed by atoms with Crippen molar-refractivity contribution in [3.05, 3.63) is 69.4 Å². The molecule has 2 heterocycles. The maximum Gasteiger partial charge on any atom is 0.259 e. The molecule has 0 spiro atoms. The Morgan fingerprint density at radius 3 is 2.30 bits per heavy atom. The van der Waals surface area contributed by atoms with Gasteiger partial charge in [-0.25, -0.2) is 0 Å². The molecule has 1 aliphatic rings. The van der Waals surface area contributed by atoms with Gasteiger partial charge >= 0.3 is 0 Å². The zero-order valence-electron chi connectivity index (χ0n) is 16.2. The summed E-state index contributed by atoms with van der Waals surface area (Å²) < 4.78 is 5.33. The molecule has 0 bridgehead atoms. The minimum Gasteiger partial charge on any atom is -0.368 e. The monoisotopic (exact) mass is 440 g/mol. The maximum atomic E-state index is 13.3. The average molecular weight is 441 g/mol. The lowest BCUT2D eigenvalue weighted by Crippen LogP contribution is -2.49. The number of amides is 1. The smallest absolute Gasteiger partial charge is 0.259 e. The second kappa shape index (κ2) is 8.39. The van der Waals surface area contributed by atoms with Crippen molar-refractivity contribution in [2.24, 2.45) is 0 Å². The fourth-order valence-corrected chi connectivity index (χ4v) is 4.17. The van der Waals surface area contributed by atoms with Crippen molar-refractivity contribution in [2.75, 3.05) is 31.1 Å². The van der Waals surface area contributed by atoms with E-state index in [4.69, 9.17) is 33.0 Å². The molecule has 3 aromatic rings. The Balaban J connectivity index is 1.54. The number of carbonyl (C=O) groups is 1. The number of piperazine rings is 1. The highest BCUT2D eigenvalue weighted by Crippen LogP contribution is 2.37. The summed E-state index contributed by atoms with van der Waals surface area (Å²) in [5.74, 6) is 0.278. The van der Waals surface area contributed by atoms with Crippen molar-refractivity contribution in [2.45, 2.75) is 6.92 Å². The van der Waals surface area contributed by atoms with Crippen molar-refractivity contribution >= 4 is 34.8 Å². The number of hydrogen-bond donors (Lipinski definition) is 0. The van der Waals surface area contributed by atoms with Gasteiger partial charge in [-0.1, -0.05) is 34.4 Å². The molecular weight excluding hydrogens is 423 g/mol. The summed E-state index contributed by atoms with van der Waals surface area (Å²) in [4.78, 5) is 17.3. The van der Waals surface area contributed by atoms with Gasteiger partial charge in [-0.05, 0) is 43.3 Å². The van der Waals surface area contributed by atoms with Gasteiger partial charge in [-0.2, -0.15) is 5.26 Å². The first-order valence-electron chi connectivity index (χ1n) is 9.44. The van der Waals surface area contributed by atoms with Gasteiger partial charge in [0.15, 0.2) is 0 Å². The number of rotatable bonds is 3. The lowest BCUT2D eigenvalue weighted by Gasteiger charge is -2.36. The Morgan fingerprint density at radius 1 is 1.07 bits per heavy atom. The molecule has 6 nitrogen and oxygen atoms in total. The van der Waals surface area contributed by atoms with E-state index in [-0.39, 0.29) is 5.91 Å². The molecule has 0 aliphatic carbocycles. The van der Waals surface area contributed by atoms with E-state index >= 15 is 0 Å². The molecule has 4 rings (SSSR count). The Morgan fingerprint density at radius 2 is 1.70 bits per heavy atom. The molecule has 2 aromatic carbocycles. The van der Waals surface area contributed by atoms with Crippen LogP contribution in [0.2, 0.25) is 10.0 Å². The number of aromatic nitrogens is 1. The molecule has 0 saturated carbocycles. The van der Waals surface area contributed by atoms with E-state index in [2.05, 4.69) is 16.1 Å². The highest BCUT2D eigenvalue weighted by atomic mass is 35.5. The van der Waals surface area contributed by atoms with Gasteiger partial charge in [0.05, 0.1) is 21.7 Å². The Kier molecular flexibility index (Phi) is 5.67. The van der Waals surface area contributed by atoms with Crippen molar-refractivity contribution in [1.29, 1.82) is 5.26 Å². The fourth-order valence-electron chi connectivity index (χ4n) is 3.59. The van der Waals surface area contributed by atoms with E-state index in [1.807, 2.05) is 12.1 Å². The van der Waals surface area contributed by atoms with Crippen LogP contribution in [0.5, 0.6) is 0 Å². The summed E-state index contributed by atoms with van der Waals surface area (Å²) in [5.41, 5.74) is 2.91. The molecule has 8 heteroatoms. The molecule has 152 valence electrons. The molecule has 1 saturated heterocycles. The summed E-state index contributed by atoms with van der Waals surface area (Å²) in [6.45, 7) is 4.19. The molecule has 0 radical (unpaired) electrons.